The molecule has 0 aliphatic rings. The van der Waals surface area contributed by atoms with Gasteiger partial charge in [-0.2, -0.15) is 15.3 Å². The molecule has 382 valence electrons. The standard InChI is InChI=1S/C50H68Cl4N10O6/c1-6-10-22-63(23-11-7-2)26-14-20-56-47(67)35-16-18-38(51)43(29-35)59-61-46(34(5)65)49(69)58-42-32-40(53)37(28-41(42)54)31-45(66)50(70-33-55)62-60-44-30-36(17-19-39(44)52)48(68)57-21-15-27-64(24-12-8-3)25-13-9-4/h16-19,28-30,32-33,46,50,55H,6-15,20-27,31H2,1-5H3,(H,56,67)(H,57,68)(H,58,69)/b55-33?,61-59?,62-60+. The highest BCUT2D eigenvalue weighted by molar-refractivity contribution is 6.36. The Balaban J connectivity index is 1.65. The number of rotatable bonds is 34. The van der Waals surface area contributed by atoms with Crippen LogP contribution >= 0.6 is 46.4 Å². The van der Waals surface area contributed by atoms with Crippen LogP contribution in [0.25, 0.3) is 0 Å². The van der Waals surface area contributed by atoms with Crippen LogP contribution in [-0.2, 0) is 25.5 Å². The predicted octanol–water partition coefficient (Wildman–Crippen LogP) is 11.9. The third-order valence-electron chi connectivity index (χ3n) is 11.0. The highest BCUT2D eigenvalue weighted by Gasteiger charge is 2.26. The molecule has 0 fully saturated rings. The molecule has 0 saturated heterocycles. The number of azo groups is 2. The Morgan fingerprint density at radius 3 is 1.53 bits per heavy atom. The Morgan fingerprint density at radius 1 is 0.629 bits per heavy atom. The fraction of sp³-hybridized carbons (Fsp3) is 0.520. The second-order valence-electron chi connectivity index (χ2n) is 16.8. The summed E-state index contributed by atoms with van der Waals surface area (Å²) in [7, 11) is 0. The van der Waals surface area contributed by atoms with Crippen molar-refractivity contribution in [1.29, 1.82) is 5.41 Å². The molecule has 0 aliphatic heterocycles. The van der Waals surface area contributed by atoms with Gasteiger partial charge in [-0.1, -0.05) is 99.8 Å². The van der Waals surface area contributed by atoms with Crippen LogP contribution in [0.4, 0.5) is 17.1 Å². The molecule has 0 aliphatic carbocycles. The summed E-state index contributed by atoms with van der Waals surface area (Å²) in [5.41, 5.74) is 0.975. The normalized spacial score (nSPS) is 12.4. The number of carbonyl (C=O) groups is 5. The summed E-state index contributed by atoms with van der Waals surface area (Å²) in [4.78, 5) is 70.4. The Labute approximate surface area is 432 Å². The molecule has 0 heterocycles. The summed E-state index contributed by atoms with van der Waals surface area (Å²) < 4.78 is 5.16. The molecule has 0 radical (unpaired) electrons. The lowest BCUT2D eigenvalue weighted by molar-refractivity contribution is -0.126. The highest BCUT2D eigenvalue weighted by atomic mass is 35.5. The molecule has 3 aromatic carbocycles. The molecule has 20 heteroatoms. The molecule has 4 N–H and O–H groups in total. The van der Waals surface area contributed by atoms with Gasteiger partial charge in [0.05, 0.1) is 20.8 Å². The molecule has 16 nitrogen and oxygen atoms in total. The van der Waals surface area contributed by atoms with E-state index in [-0.39, 0.29) is 72.1 Å². The number of benzene rings is 3. The van der Waals surface area contributed by atoms with Crippen LogP contribution in [0.2, 0.25) is 20.1 Å². The second-order valence-corrected chi connectivity index (χ2v) is 18.4. The fourth-order valence-electron chi connectivity index (χ4n) is 6.95. The first-order valence-corrected chi connectivity index (χ1v) is 25.5. The number of nitrogens with one attached hydrogen (secondary N) is 4. The van der Waals surface area contributed by atoms with Gasteiger partial charge < -0.3 is 30.5 Å². The number of hydrogen-bond acceptors (Lipinski definition) is 13. The summed E-state index contributed by atoms with van der Waals surface area (Å²) >= 11 is 25.9. The van der Waals surface area contributed by atoms with Crippen molar-refractivity contribution in [2.75, 3.05) is 57.7 Å². The maximum absolute atomic E-state index is 13.4. The number of nitrogens with zero attached hydrogens (tertiary/aromatic N) is 6. The number of anilines is 1. The van der Waals surface area contributed by atoms with Crippen LogP contribution in [0, 0.1) is 5.41 Å². The Bertz CT molecular complexity index is 2250. The molecule has 0 saturated carbocycles. The first-order chi connectivity index (χ1) is 33.6. The average molecular weight is 1050 g/mol. The van der Waals surface area contributed by atoms with E-state index in [4.69, 9.17) is 56.5 Å². The quantitative estimate of drug-likeness (QED) is 0.0148. The van der Waals surface area contributed by atoms with Crippen molar-refractivity contribution in [3.63, 3.8) is 0 Å². The summed E-state index contributed by atoms with van der Waals surface area (Å²) in [6, 6.07) is 9.96. The number of carbonyl (C=O) groups excluding carboxylic acids is 5. The number of ketones is 2. The van der Waals surface area contributed by atoms with E-state index < -0.39 is 29.7 Å². The number of halogens is 4. The Kier molecular flexibility index (Phi) is 28.0. The Morgan fingerprint density at radius 2 is 1.09 bits per heavy atom. The van der Waals surface area contributed by atoms with Gasteiger partial charge in [-0.25, -0.2) is 0 Å². The fourth-order valence-corrected chi connectivity index (χ4v) is 7.73. The zero-order valence-electron chi connectivity index (χ0n) is 40.9. The van der Waals surface area contributed by atoms with Gasteiger partial charge in [-0.05, 0) is 139 Å². The smallest absolute Gasteiger partial charge is 0.268 e. The van der Waals surface area contributed by atoms with Crippen molar-refractivity contribution >= 4 is 99.2 Å². The van der Waals surface area contributed by atoms with Crippen LogP contribution in [0.1, 0.15) is 125 Å². The molecule has 2 atom stereocenters. The van der Waals surface area contributed by atoms with E-state index >= 15 is 0 Å². The monoisotopic (exact) mass is 1040 g/mol. The molecular formula is C50H68Cl4N10O6. The molecule has 0 spiro atoms. The second kappa shape index (κ2) is 32.9. The molecule has 0 bridgehead atoms. The number of Topliss-reactive ketones (excluding diaryl/α,β-unsaturated/α-hetero) is 2. The first kappa shape index (κ1) is 59.5. The van der Waals surface area contributed by atoms with E-state index in [1.54, 1.807) is 12.1 Å². The molecule has 70 heavy (non-hydrogen) atoms. The van der Waals surface area contributed by atoms with Gasteiger partial charge in [0, 0.05) is 35.7 Å². The van der Waals surface area contributed by atoms with E-state index in [2.05, 4.69) is 73.9 Å². The van der Waals surface area contributed by atoms with Crippen molar-refractivity contribution < 1.29 is 28.7 Å². The summed E-state index contributed by atoms with van der Waals surface area (Å²) in [6.45, 7) is 16.7. The predicted molar refractivity (Wildman–Crippen MR) is 280 cm³/mol. The van der Waals surface area contributed by atoms with E-state index in [9.17, 15) is 24.0 Å². The van der Waals surface area contributed by atoms with E-state index in [0.29, 0.717) is 19.5 Å². The average Bonchev–Trinajstić information content (AvgIpc) is 3.33. The Hall–Kier alpha value is -4.84. The van der Waals surface area contributed by atoms with Crippen molar-refractivity contribution in [3.05, 3.63) is 85.3 Å². The van der Waals surface area contributed by atoms with E-state index in [0.717, 1.165) is 110 Å². The van der Waals surface area contributed by atoms with Gasteiger partial charge in [-0.15, -0.1) is 5.11 Å². The van der Waals surface area contributed by atoms with Crippen LogP contribution in [0.5, 0.6) is 0 Å². The minimum Gasteiger partial charge on any atom is -0.450 e. The molecular weight excluding hydrogens is 978 g/mol. The van der Waals surface area contributed by atoms with Crippen LogP contribution in [-0.4, -0.2) is 110 Å². The number of hydrogen-bond donors (Lipinski definition) is 4. The van der Waals surface area contributed by atoms with E-state index in [1.165, 1.54) is 36.4 Å². The topological polar surface area (TPSA) is 210 Å². The highest BCUT2D eigenvalue weighted by Crippen LogP contribution is 2.32. The first-order valence-electron chi connectivity index (χ1n) is 24.0. The molecule has 3 rings (SSSR count). The SMILES string of the molecule is CCCCN(CCCC)CCCNC(=O)c1ccc(Cl)c(N=NC(C(C)=O)C(=O)Nc2cc(Cl)c(CC(=O)C(/N=N/c3cc(C(=O)NCCCN(CCCC)CCCC)ccc3Cl)OC=N)cc2Cl)c1. The van der Waals surface area contributed by atoms with E-state index in [1.807, 2.05) is 0 Å². The number of ether oxygens (including phenoxy) is 1. The zero-order valence-corrected chi connectivity index (χ0v) is 44.0. The molecule has 3 amide bonds. The summed E-state index contributed by atoms with van der Waals surface area (Å²) in [5.74, 6) is -2.85. The lowest BCUT2D eigenvalue weighted by Gasteiger charge is -2.21. The van der Waals surface area contributed by atoms with Gasteiger partial charge in [0.2, 0.25) is 11.8 Å². The number of unbranched alkanes of at least 4 members (excludes halogenated alkanes) is 4. The van der Waals surface area contributed by atoms with Crippen LogP contribution in [0.15, 0.2) is 69.0 Å². The zero-order chi connectivity index (χ0) is 51.4. The van der Waals surface area contributed by atoms with Gasteiger partial charge in [0.1, 0.15) is 11.4 Å². The lowest BCUT2D eigenvalue weighted by Crippen LogP contribution is -2.32. The van der Waals surface area contributed by atoms with Crippen molar-refractivity contribution in [2.24, 2.45) is 20.5 Å². The summed E-state index contributed by atoms with van der Waals surface area (Å²) in [5, 5.41) is 32.3. The van der Waals surface area contributed by atoms with Gasteiger partial charge in [0.25, 0.3) is 23.9 Å². The van der Waals surface area contributed by atoms with Crippen molar-refractivity contribution in [3.8, 4) is 0 Å². The van der Waals surface area contributed by atoms with Gasteiger partial charge in [0.15, 0.2) is 12.2 Å². The van der Waals surface area contributed by atoms with Gasteiger partial charge >= 0.3 is 0 Å². The third kappa shape index (κ3) is 20.9. The van der Waals surface area contributed by atoms with Crippen molar-refractivity contribution in [2.45, 2.75) is 118 Å². The maximum atomic E-state index is 13.4. The molecule has 3 aromatic rings. The molecule has 0 aromatic heterocycles. The van der Waals surface area contributed by atoms with Crippen LogP contribution in [0.3, 0.4) is 0 Å². The van der Waals surface area contributed by atoms with Crippen LogP contribution < -0.4 is 16.0 Å². The largest absolute Gasteiger partial charge is 0.450 e. The lowest BCUT2D eigenvalue weighted by atomic mass is 10.1. The third-order valence-corrected chi connectivity index (χ3v) is 12.3. The van der Waals surface area contributed by atoms with Gasteiger partial charge in [-0.3, -0.25) is 29.4 Å². The minimum atomic E-state index is -1.63. The summed E-state index contributed by atoms with van der Waals surface area (Å²) in [6.07, 6.45) is 9.13. The minimum absolute atomic E-state index is 0.0105. The molecule has 2 unspecified atom stereocenters. The number of amides is 3. The maximum Gasteiger partial charge on any atom is 0.268 e. The van der Waals surface area contributed by atoms with Crippen molar-refractivity contribution in [1.82, 2.24) is 20.4 Å².